The summed E-state index contributed by atoms with van der Waals surface area (Å²) in [7, 11) is 2.17. The van der Waals surface area contributed by atoms with Crippen LogP contribution in [0.4, 0.5) is 0 Å². The Hall–Kier alpha value is -0.540. The van der Waals surface area contributed by atoms with Gasteiger partial charge in [0, 0.05) is 12.2 Å². The molecular formula is C14H24N2S. The van der Waals surface area contributed by atoms with Crippen molar-refractivity contribution in [2.75, 3.05) is 19.3 Å². The molecule has 0 N–H and O–H groups in total. The molecule has 0 saturated carbocycles. The lowest BCUT2D eigenvalue weighted by atomic mass is 10.2. The second kappa shape index (κ2) is 8.54. The van der Waals surface area contributed by atoms with E-state index in [1.165, 1.54) is 31.4 Å². The molecule has 0 fully saturated rings. The molecule has 2 nitrogen and oxygen atoms in total. The standard InChI is InChI=1S/C14H24N2S/c1-13-8-7-9-14(15-13)12-16(2)10-5-3-4-6-11-17/h7-9,17H,3-6,10-12H2,1-2H3. The first kappa shape index (κ1) is 14.5. The van der Waals surface area contributed by atoms with Gasteiger partial charge in [-0.05, 0) is 51.2 Å². The summed E-state index contributed by atoms with van der Waals surface area (Å²) in [5, 5.41) is 0. The number of thiol groups is 1. The highest BCUT2D eigenvalue weighted by molar-refractivity contribution is 7.80. The molecule has 0 bridgehead atoms. The molecule has 1 aromatic rings. The van der Waals surface area contributed by atoms with Gasteiger partial charge in [-0.3, -0.25) is 4.98 Å². The van der Waals surface area contributed by atoms with Gasteiger partial charge >= 0.3 is 0 Å². The molecule has 1 heterocycles. The molecule has 17 heavy (non-hydrogen) atoms. The molecule has 0 atom stereocenters. The van der Waals surface area contributed by atoms with E-state index in [2.05, 4.69) is 41.7 Å². The third-order valence-electron chi connectivity index (χ3n) is 2.83. The summed E-state index contributed by atoms with van der Waals surface area (Å²) in [5.41, 5.74) is 2.27. The monoisotopic (exact) mass is 252 g/mol. The molecule has 0 saturated heterocycles. The molecule has 1 aromatic heterocycles. The zero-order valence-corrected chi connectivity index (χ0v) is 11.9. The van der Waals surface area contributed by atoms with Crippen molar-refractivity contribution in [1.82, 2.24) is 9.88 Å². The summed E-state index contributed by atoms with van der Waals surface area (Å²) in [6, 6.07) is 6.23. The van der Waals surface area contributed by atoms with Gasteiger partial charge in [-0.1, -0.05) is 18.9 Å². The predicted octanol–water partition coefficient (Wildman–Crippen LogP) is 3.31. The quantitative estimate of drug-likeness (QED) is 0.564. The van der Waals surface area contributed by atoms with Crippen molar-refractivity contribution in [3.05, 3.63) is 29.6 Å². The number of aromatic nitrogens is 1. The Morgan fingerprint density at radius 1 is 1.18 bits per heavy atom. The molecule has 0 aromatic carbocycles. The Balaban J connectivity index is 2.18. The van der Waals surface area contributed by atoms with Crippen LogP contribution < -0.4 is 0 Å². The SMILES string of the molecule is Cc1cccc(CN(C)CCCCCCS)n1. The summed E-state index contributed by atoms with van der Waals surface area (Å²) in [5.74, 6) is 1.02. The minimum absolute atomic E-state index is 0.953. The molecule has 0 amide bonds. The highest BCUT2D eigenvalue weighted by Gasteiger charge is 2.01. The summed E-state index contributed by atoms with van der Waals surface area (Å²) in [6.07, 6.45) is 5.13. The van der Waals surface area contributed by atoms with Gasteiger partial charge in [0.1, 0.15) is 0 Å². The van der Waals surface area contributed by atoms with E-state index in [0.717, 1.165) is 24.5 Å². The molecular weight excluding hydrogens is 228 g/mol. The van der Waals surface area contributed by atoms with Crippen LogP contribution in [0.2, 0.25) is 0 Å². The largest absolute Gasteiger partial charge is 0.301 e. The first-order valence-electron chi connectivity index (χ1n) is 6.44. The summed E-state index contributed by atoms with van der Waals surface area (Å²) in [4.78, 5) is 6.87. The average Bonchev–Trinajstić information content (AvgIpc) is 2.29. The van der Waals surface area contributed by atoms with Crippen molar-refractivity contribution in [2.24, 2.45) is 0 Å². The predicted molar refractivity (Wildman–Crippen MR) is 77.6 cm³/mol. The first-order chi connectivity index (χ1) is 8.22. The van der Waals surface area contributed by atoms with Gasteiger partial charge < -0.3 is 4.90 Å². The van der Waals surface area contributed by atoms with Crippen molar-refractivity contribution in [3.63, 3.8) is 0 Å². The van der Waals surface area contributed by atoms with Gasteiger partial charge in [-0.15, -0.1) is 0 Å². The van der Waals surface area contributed by atoms with Crippen LogP contribution in [0.5, 0.6) is 0 Å². The minimum Gasteiger partial charge on any atom is -0.301 e. The van der Waals surface area contributed by atoms with Crippen molar-refractivity contribution in [1.29, 1.82) is 0 Å². The molecule has 0 aliphatic rings. The average molecular weight is 252 g/mol. The molecule has 3 heteroatoms. The normalized spacial score (nSPS) is 11.1. The van der Waals surface area contributed by atoms with E-state index in [4.69, 9.17) is 0 Å². The van der Waals surface area contributed by atoms with Crippen LogP contribution in [0.1, 0.15) is 37.1 Å². The number of pyridine rings is 1. The second-order valence-electron chi connectivity index (χ2n) is 4.65. The lowest BCUT2D eigenvalue weighted by Crippen LogP contribution is -2.19. The van der Waals surface area contributed by atoms with Gasteiger partial charge in [0.2, 0.25) is 0 Å². The Kier molecular flexibility index (Phi) is 7.29. The van der Waals surface area contributed by atoms with Crippen molar-refractivity contribution in [2.45, 2.75) is 39.2 Å². The minimum atomic E-state index is 0.953. The van der Waals surface area contributed by atoms with E-state index in [1.807, 2.05) is 13.0 Å². The van der Waals surface area contributed by atoms with Crippen molar-refractivity contribution >= 4 is 12.6 Å². The first-order valence-corrected chi connectivity index (χ1v) is 7.07. The van der Waals surface area contributed by atoms with E-state index >= 15 is 0 Å². The van der Waals surface area contributed by atoms with E-state index in [-0.39, 0.29) is 0 Å². The molecule has 0 aliphatic heterocycles. The maximum absolute atomic E-state index is 4.52. The van der Waals surface area contributed by atoms with Crippen molar-refractivity contribution < 1.29 is 0 Å². The van der Waals surface area contributed by atoms with E-state index < -0.39 is 0 Å². The second-order valence-corrected chi connectivity index (χ2v) is 5.09. The van der Waals surface area contributed by atoms with Gasteiger partial charge in [0.05, 0.1) is 5.69 Å². The molecule has 1 rings (SSSR count). The topological polar surface area (TPSA) is 16.1 Å². The fourth-order valence-corrected chi connectivity index (χ4v) is 2.11. The van der Waals surface area contributed by atoms with E-state index in [1.54, 1.807) is 0 Å². The maximum atomic E-state index is 4.52. The Morgan fingerprint density at radius 3 is 2.65 bits per heavy atom. The highest BCUT2D eigenvalue weighted by Crippen LogP contribution is 2.05. The molecule has 0 radical (unpaired) electrons. The molecule has 96 valence electrons. The number of nitrogens with zero attached hydrogens (tertiary/aromatic N) is 2. The van der Waals surface area contributed by atoms with Crippen LogP contribution in [0, 0.1) is 6.92 Å². The Bertz CT molecular complexity index is 315. The van der Waals surface area contributed by atoms with E-state index in [0.29, 0.717) is 0 Å². The van der Waals surface area contributed by atoms with Crippen LogP contribution in [-0.4, -0.2) is 29.2 Å². The maximum Gasteiger partial charge on any atom is 0.0547 e. The fraction of sp³-hybridized carbons (Fsp3) is 0.643. The van der Waals surface area contributed by atoms with E-state index in [9.17, 15) is 0 Å². The Labute approximate surface area is 111 Å². The molecule has 0 aliphatic carbocycles. The van der Waals surface area contributed by atoms with Crippen LogP contribution in [0.3, 0.4) is 0 Å². The number of unbranched alkanes of at least 4 members (excludes halogenated alkanes) is 3. The van der Waals surface area contributed by atoms with Gasteiger partial charge in [-0.2, -0.15) is 12.6 Å². The van der Waals surface area contributed by atoms with Crippen LogP contribution in [0.25, 0.3) is 0 Å². The van der Waals surface area contributed by atoms with Gasteiger partial charge in [0.25, 0.3) is 0 Å². The van der Waals surface area contributed by atoms with Crippen LogP contribution in [0.15, 0.2) is 18.2 Å². The smallest absolute Gasteiger partial charge is 0.0547 e. The third-order valence-corrected chi connectivity index (χ3v) is 3.14. The molecule has 0 unspecified atom stereocenters. The summed E-state index contributed by atoms with van der Waals surface area (Å²) >= 11 is 4.22. The summed E-state index contributed by atoms with van der Waals surface area (Å²) < 4.78 is 0. The van der Waals surface area contributed by atoms with Gasteiger partial charge in [0.15, 0.2) is 0 Å². The van der Waals surface area contributed by atoms with Crippen LogP contribution >= 0.6 is 12.6 Å². The van der Waals surface area contributed by atoms with Crippen molar-refractivity contribution in [3.8, 4) is 0 Å². The third kappa shape index (κ3) is 6.69. The number of hydrogen-bond donors (Lipinski definition) is 1. The lowest BCUT2D eigenvalue weighted by molar-refractivity contribution is 0.313. The molecule has 0 spiro atoms. The zero-order chi connectivity index (χ0) is 12.5. The number of hydrogen-bond acceptors (Lipinski definition) is 3. The number of aryl methyl sites for hydroxylation is 1. The Morgan fingerprint density at radius 2 is 1.94 bits per heavy atom. The van der Waals surface area contributed by atoms with Crippen LogP contribution in [-0.2, 0) is 6.54 Å². The summed E-state index contributed by atoms with van der Waals surface area (Å²) in [6.45, 7) is 4.15. The zero-order valence-electron chi connectivity index (χ0n) is 11.0. The lowest BCUT2D eigenvalue weighted by Gasteiger charge is -2.16. The number of rotatable bonds is 8. The highest BCUT2D eigenvalue weighted by atomic mass is 32.1. The van der Waals surface area contributed by atoms with Gasteiger partial charge in [-0.25, -0.2) is 0 Å². The fourth-order valence-electron chi connectivity index (χ4n) is 1.89.